The molecule has 0 aliphatic carbocycles. The van der Waals surface area contributed by atoms with Gasteiger partial charge in [0, 0.05) is 37.3 Å². The van der Waals surface area contributed by atoms with Crippen LogP contribution in [0.3, 0.4) is 0 Å². The zero-order valence-electron chi connectivity index (χ0n) is 14.2. The molecule has 1 amide bonds. The molecular formula is C19H25N3O2. The second-order valence-electron chi connectivity index (χ2n) is 6.46. The van der Waals surface area contributed by atoms with E-state index in [0.29, 0.717) is 18.9 Å². The van der Waals surface area contributed by atoms with Crippen LogP contribution in [0.5, 0.6) is 5.75 Å². The van der Waals surface area contributed by atoms with E-state index in [9.17, 15) is 4.79 Å². The summed E-state index contributed by atoms with van der Waals surface area (Å²) in [7, 11) is 0. The van der Waals surface area contributed by atoms with E-state index in [1.807, 2.05) is 42.2 Å². The third-order valence-corrected chi connectivity index (χ3v) is 4.53. The summed E-state index contributed by atoms with van der Waals surface area (Å²) in [5, 5.41) is 7.05. The van der Waals surface area contributed by atoms with E-state index < -0.39 is 0 Å². The summed E-state index contributed by atoms with van der Waals surface area (Å²) >= 11 is 0. The van der Waals surface area contributed by atoms with Gasteiger partial charge in [-0.2, -0.15) is 5.10 Å². The van der Waals surface area contributed by atoms with Crippen LogP contribution in [0.1, 0.15) is 42.9 Å². The summed E-state index contributed by atoms with van der Waals surface area (Å²) in [5.41, 5.74) is 2.32. The number of nitrogens with zero attached hydrogens (tertiary/aromatic N) is 2. The zero-order valence-corrected chi connectivity index (χ0v) is 14.2. The Labute approximate surface area is 143 Å². The SMILES string of the molecule is Cc1cccc(OCCCC(=O)N2CCC[C@@H](c3ccn[nH]3)C2)c1. The lowest BCUT2D eigenvalue weighted by molar-refractivity contribution is -0.132. The number of hydrogen-bond donors (Lipinski definition) is 1. The van der Waals surface area contributed by atoms with Gasteiger partial charge in [-0.3, -0.25) is 9.89 Å². The number of nitrogens with one attached hydrogen (secondary N) is 1. The highest BCUT2D eigenvalue weighted by molar-refractivity contribution is 5.76. The van der Waals surface area contributed by atoms with Crippen molar-refractivity contribution in [3.05, 3.63) is 47.8 Å². The van der Waals surface area contributed by atoms with E-state index in [4.69, 9.17) is 4.74 Å². The Hall–Kier alpha value is -2.30. The van der Waals surface area contributed by atoms with Gasteiger partial charge in [-0.05, 0) is 49.9 Å². The minimum absolute atomic E-state index is 0.229. The minimum atomic E-state index is 0.229. The van der Waals surface area contributed by atoms with Gasteiger partial charge < -0.3 is 9.64 Å². The number of amides is 1. The minimum Gasteiger partial charge on any atom is -0.494 e. The first-order chi connectivity index (χ1) is 11.7. The third kappa shape index (κ3) is 4.37. The van der Waals surface area contributed by atoms with Gasteiger partial charge in [-0.1, -0.05) is 12.1 Å². The largest absolute Gasteiger partial charge is 0.494 e. The summed E-state index contributed by atoms with van der Waals surface area (Å²) < 4.78 is 5.72. The number of ether oxygens (including phenoxy) is 1. The van der Waals surface area contributed by atoms with Gasteiger partial charge in [0.2, 0.25) is 5.91 Å². The lowest BCUT2D eigenvalue weighted by atomic mass is 9.94. The van der Waals surface area contributed by atoms with Crippen LogP contribution in [-0.4, -0.2) is 40.7 Å². The van der Waals surface area contributed by atoms with Gasteiger partial charge >= 0.3 is 0 Å². The van der Waals surface area contributed by atoms with Gasteiger partial charge in [-0.25, -0.2) is 0 Å². The number of piperidine rings is 1. The average molecular weight is 327 g/mol. The number of likely N-dealkylation sites (tertiary alicyclic amines) is 1. The Morgan fingerprint density at radius 1 is 1.42 bits per heavy atom. The number of H-pyrrole nitrogens is 1. The molecule has 2 heterocycles. The summed E-state index contributed by atoms with van der Waals surface area (Å²) in [6.45, 7) is 4.28. The van der Waals surface area contributed by atoms with Crippen molar-refractivity contribution in [3.63, 3.8) is 0 Å². The van der Waals surface area contributed by atoms with Crippen LogP contribution in [0.2, 0.25) is 0 Å². The molecule has 1 fully saturated rings. The Morgan fingerprint density at radius 3 is 3.12 bits per heavy atom. The van der Waals surface area contributed by atoms with Crippen LogP contribution in [0.4, 0.5) is 0 Å². The Balaban J connectivity index is 1.41. The molecular weight excluding hydrogens is 302 g/mol. The molecule has 1 saturated heterocycles. The normalized spacial score (nSPS) is 17.7. The van der Waals surface area contributed by atoms with Crippen LogP contribution in [-0.2, 0) is 4.79 Å². The monoisotopic (exact) mass is 327 g/mol. The van der Waals surface area contributed by atoms with Crippen molar-refractivity contribution < 1.29 is 9.53 Å². The molecule has 0 saturated carbocycles. The van der Waals surface area contributed by atoms with Crippen LogP contribution in [0.15, 0.2) is 36.5 Å². The van der Waals surface area contributed by atoms with Crippen LogP contribution < -0.4 is 4.74 Å². The van der Waals surface area contributed by atoms with Gasteiger partial charge in [-0.15, -0.1) is 0 Å². The number of hydrogen-bond acceptors (Lipinski definition) is 3. The second-order valence-corrected chi connectivity index (χ2v) is 6.46. The molecule has 0 unspecified atom stereocenters. The second kappa shape index (κ2) is 7.99. The zero-order chi connectivity index (χ0) is 16.8. The van der Waals surface area contributed by atoms with Crippen molar-refractivity contribution >= 4 is 5.91 Å². The Kier molecular flexibility index (Phi) is 5.51. The van der Waals surface area contributed by atoms with Crippen LogP contribution >= 0.6 is 0 Å². The molecule has 1 aliphatic rings. The number of carbonyl (C=O) groups excluding carboxylic acids is 1. The molecule has 1 atom stereocenters. The van der Waals surface area contributed by atoms with E-state index in [1.165, 1.54) is 5.56 Å². The maximum absolute atomic E-state index is 12.4. The molecule has 2 aromatic rings. The van der Waals surface area contributed by atoms with Gasteiger partial charge in [0.15, 0.2) is 0 Å². The third-order valence-electron chi connectivity index (χ3n) is 4.53. The Bertz CT molecular complexity index is 654. The summed E-state index contributed by atoms with van der Waals surface area (Å²) in [6, 6.07) is 10.0. The predicted octanol–water partition coefficient (Wildman–Crippen LogP) is 3.28. The van der Waals surface area contributed by atoms with Gasteiger partial charge in [0.1, 0.15) is 5.75 Å². The number of aromatic amines is 1. The molecule has 3 rings (SSSR count). The molecule has 0 radical (unpaired) electrons. The highest BCUT2D eigenvalue weighted by Gasteiger charge is 2.25. The number of rotatable bonds is 6. The highest BCUT2D eigenvalue weighted by atomic mass is 16.5. The fourth-order valence-corrected chi connectivity index (χ4v) is 3.23. The standard InChI is InChI=1S/C19H25N3O2/c1-15-5-2-7-17(13-15)24-12-4-8-19(23)22-11-3-6-16(14-22)18-9-10-20-21-18/h2,5,7,9-10,13,16H,3-4,6,8,11-12,14H2,1H3,(H,20,21)/t16-/m1/s1. The fourth-order valence-electron chi connectivity index (χ4n) is 3.23. The molecule has 1 aromatic carbocycles. The summed E-state index contributed by atoms with van der Waals surface area (Å²) in [6.07, 6.45) is 5.23. The average Bonchev–Trinajstić information content (AvgIpc) is 3.13. The first kappa shape index (κ1) is 16.6. The van der Waals surface area contributed by atoms with Crippen molar-refractivity contribution in [1.29, 1.82) is 0 Å². The molecule has 5 heteroatoms. The van der Waals surface area contributed by atoms with Gasteiger partial charge in [0.25, 0.3) is 0 Å². The lowest BCUT2D eigenvalue weighted by Gasteiger charge is -2.32. The maximum Gasteiger partial charge on any atom is 0.222 e. The first-order valence-electron chi connectivity index (χ1n) is 8.69. The van der Waals surface area contributed by atoms with E-state index in [2.05, 4.69) is 10.2 Å². The molecule has 0 spiro atoms. The first-order valence-corrected chi connectivity index (χ1v) is 8.69. The topological polar surface area (TPSA) is 58.2 Å². The van der Waals surface area contributed by atoms with E-state index in [0.717, 1.165) is 43.8 Å². The predicted molar refractivity (Wildman–Crippen MR) is 93.1 cm³/mol. The lowest BCUT2D eigenvalue weighted by Crippen LogP contribution is -2.39. The molecule has 24 heavy (non-hydrogen) atoms. The number of aromatic nitrogens is 2. The molecule has 128 valence electrons. The number of benzene rings is 1. The van der Waals surface area contributed by atoms with Crippen molar-refractivity contribution in [3.8, 4) is 5.75 Å². The summed E-state index contributed by atoms with van der Waals surface area (Å²) in [4.78, 5) is 14.4. The van der Waals surface area contributed by atoms with Crippen molar-refractivity contribution in [2.75, 3.05) is 19.7 Å². The smallest absolute Gasteiger partial charge is 0.222 e. The summed E-state index contributed by atoms with van der Waals surface area (Å²) in [5.74, 6) is 1.49. The molecule has 5 nitrogen and oxygen atoms in total. The molecule has 0 bridgehead atoms. The fraction of sp³-hybridized carbons (Fsp3) is 0.474. The quantitative estimate of drug-likeness (QED) is 0.828. The van der Waals surface area contributed by atoms with Crippen molar-refractivity contribution in [2.24, 2.45) is 0 Å². The van der Waals surface area contributed by atoms with Crippen molar-refractivity contribution in [2.45, 2.75) is 38.5 Å². The molecule has 1 N–H and O–H groups in total. The highest BCUT2D eigenvalue weighted by Crippen LogP contribution is 2.25. The van der Waals surface area contributed by atoms with Gasteiger partial charge in [0.05, 0.1) is 6.61 Å². The van der Waals surface area contributed by atoms with Crippen LogP contribution in [0, 0.1) is 6.92 Å². The van der Waals surface area contributed by atoms with Crippen LogP contribution in [0.25, 0.3) is 0 Å². The number of aryl methyl sites for hydroxylation is 1. The molecule has 1 aliphatic heterocycles. The van der Waals surface area contributed by atoms with Crippen molar-refractivity contribution in [1.82, 2.24) is 15.1 Å². The van der Waals surface area contributed by atoms with E-state index in [1.54, 1.807) is 6.20 Å². The maximum atomic E-state index is 12.4. The Morgan fingerprint density at radius 2 is 2.33 bits per heavy atom. The van der Waals surface area contributed by atoms with E-state index in [-0.39, 0.29) is 5.91 Å². The van der Waals surface area contributed by atoms with E-state index >= 15 is 0 Å². The molecule has 1 aromatic heterocycles. The number of carbonyl (C=O) groups is 1.